The van der Waals surface area contributed by atoms with E-state index in [1.165, 1.54) is 24.1 Å². The van der Waals surface area contributed by atoms with E-state index in [2.05, 4.69) is 5.32 Å². The van der Waals surface area contributed by atoms with Crippen LogP contribution in [0.1, 0.15) is 24.5 Å². The first-order valence-corrected chi connectivity index (χ1v) is 13.9. The standard InChI is InChI=1S/C27H29Cl2N3O4S/c1-4-25(27(34)30-3)31(17-22-23(28)14-9-15-24(22)29)26(33)18-32(20-11-8-10-19(2)16-20)37(35,36)21-12-6-5-7-13-21/h5-16,25H,4,17-18H2,1-3H3,(H,30,34)/t25-/m0/s1. The van der Waals surface area contributed by atoms with Gasteiger partial charge in [-0.3, -0.25) is 13.9 Å². The zero-order chi connectivity index (χ0) is 27.2. The van der Waals surface area contributed by atoms with E-state index in [-0.39, 0.29) is 17.3 Å². The van der Waals surface area contributed by atoms with E-state index in [9.17, 15) is 18.0 Å². The average molecular weight is 563 g/mol. The molecule has 0 fully saturated rings. The maximum atomic E-state index is 13.9. The molecular formula is C27H29Cl2N3O4S. The topological polar surface area (TPSA) is 86.8 Å². The van der Waals surface area contributed by atoms with Crippen LogP contribution in [0.25, 0.3) is 0 Å². The second kappa shape index (κ2) is 12.4. The molecular weight excluding hydrogens is 533 g/mol. The van der Waals surface area contributed by atoms with Gasteiger partial charge in [0, 0.05) is 29.2 Å². The summed E-state index contributed by atoms with van der Waals surface area (Å²) < 4.78 is 28.5. The fraction of sp³-hybridized carbons (Fsp3) is 0.259. The summed E-state index contributed by atoms with van der Waals surface area (Å²) in [5.74, 6) is -0.959. The number of likely N-dealkylation sites (N-methyl/N-ethyl adjacent to an activating group) is 1. The molecule has 37 heavy (non-hydrogen) atoms. The van der Waals surface area contributed by atoms with Crippen LogP contribution in [0.3, 0.4) is 0 Å². The third-order valence-corrected chi connectivity index (χ3v) is 8.42. The van der Waals surface area contributed by atoms with Crippen molar-refractivity contribution in [3.05, 3.63) is 94.0 Å². The summed E-state index contributed by atoms with van der Waals surface area (Å²) >= 11 is 12.8. The second-order valence-electron chi connectivity index (χ2n) is 8.42. The Kier molecular flexibility index (Phi) is 9.59. The summed E-state index contributed by atoms with van der Waals surface area (Å²) in [6, 6.07) is 18.9. The Bertz CT molecular complexity index is 1350. The first-order chi connectivity index (χ1) is 17.6. The minimum absolute atomic E-state index is 0.0448. The highest BCUT2D eigenvalue weighted by molar-refractivity contribution is 7.92. The largest absolute Gasteiger partial charge is 0.357 e. The van der Waals surface area contributed by atoms with Gasteiger partial charge in [0.05, 0.1) is 10.6 Å². The molecule has 1 atom stereocenters. The molecule has 10 heteroatoms. The van der Waals surface area contributed by atoms with Gasteiger partial charge in [-0.25, -0.2) is 8.42 Å². The van der Waals surface area contributed by atoms with Crippen LogP contribution in [0.2, 0.25) is 10.0 Å². The predicted molar refractivity (Wildman–Crippen MR) is 147 cm³/mol. The number of hydrogen-bond acceptors (Lipinski definition) is 4. The van der Waals surface area contributed by atoms with E-state index < -0.39 is 28.5 Å². The molecule has 0 unspecified atom stereocenters. The molecule has 1 N–H and O–H groups in total. The van der Waals surface area contributed by atoms with Crippen molar-refractivity contribution in [3.63, 3.8) is 0 Å². The fourth-order valence-corrected chi connectivity index (χ4v) is 5.92. The van der Waals surface area contributed by atoms with E-state index >= 15 is 0 Å². The Hall–Kier alpha value is -3.07. The number of carbonyl (C=O) groups excluding carboxylic acids is 2. The van der Waals surface area contributed by atoms with Crippen molar-refractivity contribution in [2.24, 2.45) is 0 Å². The quantitative estimate of drug-likeness (QED) is 0.375. The van der Waals surface area contributed by atoms with Crippen molar-refractivity contribution in [2.75, 3.05) is 17.9 Å². The number of benzene rings is 3. The number of carbonyl (C=O) groups is 2. The number of rotatable bonds is 10. The molecule has 0 spiro atoms. The predicted octanol–water partition coefficient (Wildman–Crippen LogP) is 5.05. The second-order valence-corrected chi connectivity index (χ2v) is 11.1. The van der Waals surface area contributed by atoms with Gasteiger partial charge in [-0.1, -0.05) is 66.5 Å². The third-order valence-electron chi connectivity index (χ3n) is 5.92. The first-order valence-electron chi connectivity index (χ1n) is 11.7. The molecule has 0 aromatic heterocycles. The van der Waals surface area contributed by atoms with Crippen LogP contribution in [-0.2, 0) is 26.2 Å². The number of amides is 2. The highest BCUT2D eigenvalue weighted by Gasteiger charge is 2.34. The van der Waals surface area contributed by atoms with E-state index in [1.54, 1.807) is 61.5 Å². The highest BCUT2D eigenvalue weighted by atomic mass is 35.5. The fourth-order valence-electron chi connectivity index (χ4n) is 3.97. The Labute approximate surface area is 228 Å². The summed E-state index contributed by atoms with van der Waals surface area (Å²) in [7, 11) is -2.63. The number of halogens is 2. The maximum Gasteiger partial charge on any atom is 0.264 e. The van der Waals surface area contributed by atoms with Gasteiger partial charge in [0.2, 0.25) is 11.8 Å². The lowest BCUT2D eigenvalue weighted by Gasteiger charge is -2.33. The van der Waals surface area contributed by atoms with Gasteiger partial charge in [0.25, 0.3) is 10.0 Å². The molecule has 7 nitrogen and oxygen atoms in total. The molecule has 3 aromatic carbocycles. The Morgan fingerprint density at radius 2 is 1.57 bits per heavy atom. The minimum atomic E-state index is -4.11. The molecule has 0 aliphatic heterocycles. The van der Waals surface area contributed by atoms with Gasteiger partial charge in [0.1, 0.15) is 12.6 Å². The van der Waals surface area contributed by atoms with Crippen LogP contribution in [0, 0.1) is 6.92 Å². The molecule has 0 saturated heterocycles. The number of aryl methyl sites for hydroxylation is 1. The van der Waals surface area contributed by atoms with Crippen LogP contribution < -0.4 is 9.62 Å². The first kappa shape index (κ1) is 28.5. The van der Waals surface area contributed by atoms with Crippen LogP contribution in [-0.4, -0.2) is 44.8 Å². The van der Waals surface area contributed by atoms with Gasteiger partial charge in [-0.05, 0) is 55.3 Å². The molecule has 3 aromatic rings. The van der Waals surface area contributed by atoms with Gasteiger partial charge in [-0.15, -0.1) is 0 Å². The van der Waals surface area contributed by atoms with Crippen molar-refractivity contribution < 1.29 is 18.0 Å². The molecule has 0 aliphatic rings. The summed E-state index contributed by atoms with van der Waals surface area (Å²) in [5, 5.41) is 3.26. The van der Waals surface area contributed by atoms with Crippen molar-refractivity contribution in [2.45, 2.75) is 37.8 Å². The SMILES string of the molecule is CC[C@@H](C(=O)NC)N(Cc1c(Cl)cccc1Cl)C(=O)CN(c1cccc(C)c1)S(=O)(=O)c1ccccc1. The Balaban J connectivity index is 2.09. The van der Waals surface area contributed by atoms with E-state index in [4.69, 9.17) is 23.2 Å². The zero-order valence-corrected chi connectivity index (χ0v) is 23.1. The van der Waals surface area contributed by atoms with Crippen LogP contribution >= 0.6 is 23.2 Å². The molecule has 0 saturated carbocycles. The van der Waals surface area contributed by atoms with Gasteiger partial charge in [0.15, 0.2) is 0 Å². The van der Waals surface area contributed by atoms with Crippen LogP contribution in [0.15, 0.2) is 77.7 Å². The summed E-state index contributed by atoms with van der Waals surface area (Å²) in [6.07, 6.45) is 0.295. The number of nitrogens with one attached hydrogen (secondary N) is 1. The number of hydrogen-bond donors (Lipinski definition) is 1. The molecule has 3 rings (SSSR count). The van der Waals surface area contributed by atoms with E-state index in [0.29, 0.717) is 27.7 Å². The lowest BCUT2D eigenvalue weighted by atomic mass is 10.1. The maximum absolute atomic E-state index is 13.9. The van der Waals surface area contributed by atoms with Crippen molar-refractivity contribution >= 4 is 50.7 Å². The third kappa shape index (κ3) is 6.63. The Morgan fingerprint density at radius 1 is 0.946 bits per heavy atom. The molecule has 0 aliphatic carbocycles. The molecule has 0 radical (unpaired) electrons. The highest BCUT2D eigenvalue weighted by Crippen LogP contribution is 2.29. The molecule has 2 amide bonds. The lowest BCUT2D eigenvalue weighted by molar-refractivity contribution is -0.140. The zero-order valence-electron chi connectivity index (χ0n) is 20.8. The van der Waals surface area contributed by atoms with Gasteiger partial charge < -0.3 is 10.2 Å². The number of sulfonamides is 1. The normalized spacial score (nSPS) is 12.0. The summed E-state index contributed by atoms with van der Waals surface area (Å²) in [4.78, 5) is 28.0. The lowest BCUT2D eigenvalue weighted by Crippen LogP contribution is -2.51. The van der Waals surface area contributed by atoms with Crippen molar-refractivity contribution in [3.8, 4) is 0 Å². The van der Waals surface area contributed by atoms with Gasteiger partial charge in [-0.2, -0.15) is 0 Å². The van der Waals surface area contributed by atoms with Crippen molar-refractivity contribution in [1.29, 1.82) is 0 Å². The van der Waals surface area contributed by atoms with E-state index in [0.717, 1.165) is 9.87 Å². The van der Waals surface area contributed by atoms with Crippen LogP contribution in [0.4, 0.5) is 5.69 Å². The molecule has 196 valence electrons. The minimum Gasteiger partial charge on any atom is -0.357 e. The van der Waals surface area contributed by atoms with Gasteiger partial charge >= 0.3 is 0 Å². The number of anilines is 1. The Morgan fingerprint density at radius 3 is 2.14 bits per heavy atom. The average Bonchev–Trinajstić information content (AvgIpc) is 2.88. The smallest absolute Gasteiger partial charge is 0.264 e. The summed E-state index contributed by atoms with van der Waals surface area (Å²) in [6.45, 7) is 3.00. The number of nitrogens with zero attached hydrogens (tertiary/aromatic N) is 2. The molecule has 0 heterocycles. The van der Waals surface area contributed by atoms with E-state index in [1.807, 2.05) is 13.0 Å². The van der Waals surface area contributed by atoms with Crippen LogP contribution in [0.5, 0.6) is 0 Å². The monoisotopic (exact) mass is 561 g/mol. The van der Waals surface area contributed by atoms with Crippen molar-refractivity contribution in [1.82, 2.24) is 10.2 Å². The summed E-state index contributed by atoms with van der Waals surface area (Å²) in [5.41, 5.74) is 1.63. The molecule has 0 bridgehead atoms.